The molecule has 1 fully saturated rings. The van der Waals surface area contributed by atoms with Crippen LogP contribution in [-0.4, -0.2) is 53.7 Å². The number of ether oxygens (including phenoxy) is 3. The van der Waals surface area contributed by atoms with E-state index in [4.69, 9.17) is 14.2 Å². The SMILES string of the molecule is CC[C@@]1(C)NC(=O)N(CC(=O)O[C@@H](C)C(=O)NCc2ccc3c(c2)OCO3)C1=O. The van der Waals surface area contributed by atoms with Crippen molar-refractivity contribution in [3.63, 3.8) is 0 Å². The fourth-order valence-electron chi connectivity index (χ4n) is 2.93. The number of amides is 4. The van der Waals surface area contributed by atoms with E-state index in [9.17, 15) is 19.2 Å². The molecule has 2 heterocycles. The van der Waals surface area contributed by atoms with Crippen molar-refractivity contribution in [1.29, 1.82) is 0 Å². The van der Waals surface area contributed by atoms with E-state index in [1.165, 1.54) is 6.92 Å². The van der Waals surface area contributed by atoms with E-state index in [1.807, 2.05) is 0 Å². The third-order valence-corrected chi connectivity index (χ3v) is 4.92. The molecule has 3 rings (SSSR count). The topological polar surface area (TPSA) is 123 Å². The summed E-state index contributed by atoms with van der Waals surface area (Å²) < 4.78 is 15.6. The largest absolute Gasteiger partial charge is 0.454 e. The lowest BCUT2D eigenvalue weighted by Crippen LogP contribution is -2.44. The summed E-state index contributed by atoms with van der Waals surface area (Å²) in [7, 11) is 0. The maximum absolute atomic E-state index is 12.3. The molecule has 2 aliphatic heterocycles. The summed E-state index contributed by atoms with van der Waals surface area (Å²) in [6, 6.07) is 4.63. The monoisotopic (exact) mass is 405 g/mol. The van der Waals surface area contributed by atoms with Crippen molar-refractivity contribution >= 4 is 23.8 Å². The standard InChI is InChI=1S/C19H23N3O7/c1-4-19(3)17(25)22(18(26)21-19)9-15(23)29-11(2)16(24)20-8-12-5-6-13-14(7-12)28-10-27-13/h5-7,11H,4,8-10H2,1-3H3,(H,20,24)(H,21,26)/t11-,19+/m0/s1. The molecule has 0 unspecified atom stereocenters. The van der Waals surface area contributed by atoms with Gasteiger partial charge >= 0.3 is 12.0 Å². The molecule has 29 heavy (non-hydrogen) atoms. The van der Waals surface area contributed by atoms with Crippen LogP contribution in [0.25, 0.3) is 0 Å². The van der Waals surface area contributed by atoms with E-state index < -0.39 is 42.0 Å². The van der Waals surface area contributed by atoms with Gasteiger partial charge in [-0.1, -0.05) is 13.0 Å². The van der Waals surface area contributed by atoms with Crippen LogP contribution in [0.3, 0.4) is 0 Å². The van der Waals surface area contributed by atoms with Gasteiger partial charge in [-0.2, -0.15) is 0 Å². The molecule has 1 aromatic rings. The number of imide groups is 1. The predicted octanol–water partition coefficient (Wildman–Crippen LogP) is 0.684. The number of hydrogen-bond acceptors (Lipinski definition) is 7. The number of rotatable bonds is 7. The molecular weight excluding hydrogens is 382 g/mol. The second kappa shape index (κ2) is 7.98. The summed E-state index contributed by atoms with van der Waals surface area (Å²) in [6.45, 7) is 4.57. The van der Waals surface area contributed by atoms with Gasteiger partial charge in [0.05, 0.1) is 0 Å². The fraction of sp³-hybridized carbons (Fsp3) is 0.474. The van der Waals surface area contributed by atoms with Crippen LogP contribution in [0.2, 0.25) is 0 Å². The first kappa shape index (κ1) is 20.4. The van der Waals surface area contributed by atoms with Crippen LogP contribution >= 0.6 is 0 Å². The van der Waals surface area contributed by atoms with Gasteiger partial charge in [0.25, 0.3) is 11.8 Å². The Labute approximate surface area is 167 Å². The summed E-state index contributed by atoms with van der Waals surface area (Å²) in [6.07, 6.45) is -0.697. The second-order valence-electron chi connectivity index (χ2n) is 7.04. The lowest BCUT2D eigenvalue weighted by atomic mass is 9.99. The van der Waals surface area contributed by atoms with Crippen LogP contribution < -0.4 is 20.1 Å². The molecule has 2 aliphatic rings. The highest BCUT2D eigenvalue weighted by atomic mass is 16.7. The first-order valence-electron chi connectivity index (χ1n) is 9.23. The molecule has 10 heteroatoms. The molecule has 2 atom stereocenters. The lowest BCUT2D eigenvalue weighted by Gasteiger charge is -2.19. The fourth-order valence-corrected chi connectivity index (χ4v) is 2.93. The van der Waals surface area contributed by atoms with E-state index in [-0.39, 0.29) is 13.3 Å². The van der Waals surface area contributed by atoms with Crippen molar-refractivity contribution in [2.24, 2.45) is 0 Å². The number of carbonyl (C=O) groups is 4. The molecule has 0 spiro atoms. The van der Waals surface area contributed by atoms with E-state index in [0.717, 1.165) is 10.5 Å². The maximum atomic E-state index is 12.3. The van der Waals surface area contributed by atoms with Crippen molar-refractivity contribution in [2.75, 3.05) is 13.3 Å². The molecule has 0 aromatic heterocycles. The molecule has 10 nitrogen and oxygen atoms in total. The van der Waals surface area contributed by atoms with Gasteiger partial charge in [0.2, 0.25) is 6.79 Å². The molecular formula is C19H23N3O7. The smallest absolute Gasteiger partial charge is 0.327 e. The van der Waals surface area contributed by atoms with Crippen molar-refractivity contribution in [2.45, 2.75) is 45.4 Å². The zero-order valence-corrected chi connectivity index (χ0v) is 16.4. The molecule has 4 amide bonds. The van der Waals surface area contributed by atoms with Crippen LogP contribution in [-0.2, 0) is 25.7 Å². The highest BCUT2D eigenvalue weighted by Crippen LogP contribution is 2.32. The van der Waals surface area contributed by atoms with Gasteiger partial charge in [0.15, 0.2) is 17.6 Å². The Balaban J connectivity index is 1.48. The van der Waals surface area contributed by atoms with Gasteiger partial charge in [-0.05, 0) is 38.0 Å². The van der Waals surface area contributed by atoms with Crippen LogP contribution in [0, 0.1) is 0 Å². The van der Waals surface area contributed by atoms with E-state index in [1.54, 1.807) is 32.0 Å². The molecule has 156 valence electrons. The van der Waals surface area contributed by atoms with Gasteiger partial charge < -0.3 is 24.8 Å². The summed E-state index contributed by atoms with van der Waals surface area (Å²) in [5.41, 5.74) is -0.246. The van der Waals surface area contributed by atoms with Crippen molar-refractivity contribution in [3.8, 4) is 11.5 Å². The summed E-state index contributed by atoms with van der Waals surface area (Å²) in [5, 5.41) is 5.20. The molecule has 0 radical (unpaired) electrons. The summed E-state index contributed by atoms with van der Waals surface area (Å²) in [5.74, 6) is -0.612. The van der Waals surface area contributed by atoms with E-state index in [0.29, 0.717) is 17.9 Å². The Bertz CT molecular complexity index is 856. The van der Waals surface area contributed by atoms with Gasteiger partial charge in [-0.25, -0.2) is 4.79 Å². The zero-order chi connectivity index (χ0) is 21.2. The molecule has 2 N–H and O–H groups in total. The minimum Gasteiger partial charge on any atom is -0.454 e. The number of esters is 1. The first-order chi connectivity index (χ1) is 13.7. The minimum atomic E-state index is -1.09. The Kier molecular flexibility index (Phi) is 5.62. The number of nitrogens with one attached hydrogen (secondary N) is 2. The lowest BCUT2D eigenvalue weighted by molar-refractivity contribution is -0.156. The van der Waals surface area contributed by atoms with Crippen molar-refractivity contribution in [1.82, 2.24) is 15.5 Å². The Hall–Kier alpha value is -3.30. The Morgan fingerprint density at radius 2 is 2.03 bits per heavy atom. The number of benzene rings is 1. The molecule has 0 saturated carbocycles. The van der Waals surface area contributed by atoms with Gasteiger partial charge in [0, 0.05) is 6.54 Å². The van der Waals surface area contributed by atoms with Gasteiger partial charge in [-0.3, -0.25) is 19.3 Å². The van der Waals surface area contributed by atoms with Crippen molar-refractivity contribution < 1.29 is 33.4 Å². The second-order valence-corrected chi connectivity index (χ2v) is 7.04. The number of urea groups is 1. The summed E-state index contributed by atoms with van der Waals surface area (Å²) >= 11 is 0. The molecule has 1 aromatic carbocycles. The highest BCUT2D eigenvalue weighted by Gasteiger charge is 2.47. The third kappa shape index (κ3) is 4.25. The molecule has 0 aliphatic carbocycles. The van der Waals surface area contributed by atoms with E-state index in [2.05, 4.69) is 10.6 Å². The predicted molar refractivity (Wildman–Crippen MR) is 98.9 cm³/mol. The maximum Gasteiger partial charge on any atom is 0.327 e. The van der Waals surface area contributed by atoms with Gasteiger partial charge in [-0.15, -0.1) is 0 Å². The van der Waals surface area contributed by atoms with E-state index >= 15 is 0 Å². The average molecular weight is 405 g/mol. The number of carbonyl (C=O) groups excluding carboxylic acids is 4. The Morgan fingerprint density at radius 3 is 2.72 bits per heavy atom. The quantitative estimate of drug-likeness (QED) is 0.505. The minimum absolute atomic E-state index is 0.160. The van der Waals surface area contributed by atoms with Crippen LogP contribution in [0.15, 0.2) is 18.2 Å². The number of hydrogen-bond donors (Lipinski definition) is 2. The average Bonchev–Trinajstić information content (AvgIpc) is 3.24. The Morgan fingerprint density at radius 1 is 1.31 bits per heavy atom. The first-order valence-corrected chi connectivity index (χ1v) is 9.23. The number of nitrogens with zero attached hydrogens (tertiary/aromatic N) is 1. The van der Waals surface area contributed by atoms with Crippen LogP contribution in [0.5, 0.6) is 11.5 Å². The zero-order valence-electron chi connectivity index (χ0n) is 16.4. The molecule has 1 saturated heterocycles. The van der Waals surface area contributed by atoms with Crippen molar-refractivity contribution in [3.05, 3.63) is 23.8 Å². The molecule has 0 bridgehead atoms. The van der Waals surface area contributed by atoms with Crippen LogP contribution in [0.4, 0.5) is 4.79 Å². The van der Waals surface area contributed by atoms with Crippen LogP contribution in [0.1, 0.15) is 32.8 Å². The summed E-state index contributed by atoms with van der Waals surface area (Å²) in [4.78, 5) is 49.3. The normalized spacial score (nSPS) is 21.0. The number of fused-ring (bicyclic) bond motifs is 1. The van der Waals surface area contributed by atoms with Gasteiger partial charge in [0.1, 0.15) is 12.1 Å². The third-order valence-electron chi connectivity index (χ3n) is 4.92. The highest BCUT2D eigenvalue weighted by molar-refractivity contribution is 6.08.